The average Bonchev–Trinajstić information content (AvgIpc) is 2.27. The SMILES string of the molecule is CCCC/C(C)=C/C(=O)c1ccccc1. The van der Waals surface area contributed by atoms with Gasteiger partial charge >= 0.3 is 0 Å². The van der Waals surface area contributed by atoms with Gasteiger partial charge in [-0.2, -0.15) is 0 Å². The van der Waals surface area contributed by atoms with E-state index in [1.807, 2.05) is 37.3 Å². The Morgan fingerprint density at radius 2 is 1.93 bits per heavy atom. The fourth-order valence-corrected chi connectivity index (χ4v) is 1.44. The van der Waals surface area contributed by atoms with Crippen molar-refractivity contribution in [1.29, 1.82) is 0 Å². The Kier molecular flexibility index (Phi) is 4.82. The summed E-state index contributed by atoms with van der Waals surface area (Å²) in [6.45, 7) is 4.18. The minimum atomic E-state index is 0.115. The van der Waals surface area contributed by atoms with Gasteiger partial charge in [0.25, 0.3) is 0 Å². The van der Waals surface area contributed by atoms with Gasteiger partial charge in [-0.05, 0) is 25.8 Å². The van der Waals surface area contributed by atoms with Crippen molar-refractivity contribution in [2.24, 2.45) is 0 Å². The van der Waals surface area contributed by atoms with Crippen molar-refractivity contribution in [2.45, 2.75) is 33.1 Å². The summed E-state index contributed by atoms with van der Waals surface area (Å²) in [5.41, 5.74) is 1.94. The van der Waals surface area contributed by atoms with E-state index in [-0.39, 0.29) is 5.78 Å². The number of hydrogen-bond acceptors (Lipinski definition) is 1. The number of ketones is 1. The van der Waals surface area contributed by atoms with Crippen LogP contribution < -0.4 is 0 Å². The molecule has 0 spiro atoms. The second kappa shape index (κ2) is 6.18. The number of carbonyl (C=O) groups is 1. The number of carbonyl (C=O) groups excluding carboxylic acids is 1. The number of rotatable bonds is 5. The van der Waals surface area contributed by atoms with Gasteiger partial charge in [-0.25, -0.2) is 0 Å². The van der Waals surface area contributed by atoms with Crippen LogP contribution in [-0.2, 0) is 0 Å². The van der Waals surface area contributed by atoms with Crippen LogP contribution in [0.2, 0.25) is 0 Å². The molecule has 1 aromatic carbocycles. The lowest BCUT2D eigenvalue weighted by atomic mass is 10.1. The number of allylic oxidation sites excluding steroid dienone is 2. The summed E-state index contributed by atoms with van der Waals surface area (Å²) in [6.07, 6.45) is 5.11. The number of benzene rings is 1. The first-order valence-corrected chi connectivity index (χ1v) is 5.50. The zero-order valence-electron chi connectivity index (χ0n) is 9.49. The van der Waals surface area contributed by atoms with Crippen LogP contribution in [-0.4, -0.2) is 5.78 Å². The van der Waals surface area contributed by atoms with Crippen LogP contribution in [0.3, 0.4) is 0 Å². The van der Waals surface area contributed by atoms with Gasteiger partial charge < -0.3 is 0 Å². The molecule has 0 radical (unpaired) electrons. The van der Waals surface area contributed by atoms with Gasteiger partial charge in [0.15, 0.2) is 5.78 Å². The fraction of sp³-hybridized carbons (Fsp3) is 0.357. The molecule has 15 heavy (non-hydrogen) atoms. The Morgan fingerprint density at radius 1 is 1.27 bits per heavy atom. The fourth-order valence-electron chi connectivity index (χ4n) is 1.44. The quantitative estimate of drug-likeness (QED) is 0.521. The van der Waals surface area contributed by atoms with Crippen molar-refractivity contribution in [3.63, 3.8) is 0 Å². The molecule has 0 aromatic heterocycles. The van der Waals surface area contributed by atoms with Gasteiger partial charge in [0.1, 0.15) is 0 Å². The highest BCUT2D eigenvalue weighted by molar-refractivity contribution is 6.04. The summed E-state index contributed by atoms with van der Waals surface area (Å²) >= 11 is 0. The summed E-state index contributed by atoms with van der Waals surface area (Å²) < 4.78 is 0. The maximum absolute atomic E-state index is 11.7. The largest absolute Gasteiger partial charge is 0.289 e. The maximum Gasteiger partial charge on any atom is 0.185 e. The van der Waals surface area contributed by atoms with Gasteiger partial charge in [-0.1, -0.05) is 49.2 Å². The molecule has 0 saturated carbocycles. The van der Waals surface area contributed by atoms with Crippen LogP contribution in [0.5, 0.6) is 0 Å². The summed E-state index contributed by atoms with van der Waals surface area (Å²) in [6, 6.07) is 9.41. The summed E-state index contributed by atoms with van der Waals surface area (Å²) in [4.78, 5) is 11.7. The zero-order valence-corrected chi connectivity index (χ0v) is 9.49. The predicted octanol–water partition coefficient (Wildman–Crippen LogP) is 4.01. The Hall–Kier alpha value is -1.37. The van der Waals surface area contributed by atoms with Gasteiger partial charge in [-0.3, -0.25) is 4.79 Å². The molecule has 0 amide bonds. The topological polar surface area (TPSA) is 17.1 Å². The first-order chi connectivity index (χ1) is 7.24. The highest BCUT2D eigenvalue weighted by Gasteiger charge is 2.01. The molecule has 0 saturated heterocycles. The lowest BCUT2D eigenvalue weighted by Crippen LogP contribution is -1.95. The Morgan fingerprint density at radius 3 is 2.53 bits per heavy atom. The molecular formula is C14H18O. The van der Waals surface area contributed by atoms with Crippen LogP contribution >= 0.6 is 0 Å². The zero-order chi connectivity index (χ0) is 11.1. The lowest BCUT2D eigenvalue weighted by molar-refractivity contribution is 0.104. The van der Waals surface area contributed by atoms with Crippen LogP contribution in [0.4, 0.5) is 0 Å². The van der Waals surface area contributed by atoms with E-state index in [1.54, 1.807) is 6.08 Å². The van der Waals surface area contributed by atoms with Crippen molar-refractivity contribution >= 4 is 5.78 Å². The molecule has 1 heteroatoms. The molecule has 0 aliphatic carbocycles. The first-order valence-electron chi connectivity index (χ1n) is 5.50. The van der Waals surface area contributed by atoms with E-state index in [1.165, 1.54) is 12.0 Å². The molecule has 1 rings (SSSR count). The molecular weight excluding hydrogens is 184 g/mol. The number of hydrogen-bond donors (Lipinski definition) is 0. The molecule has 1 aromatic rings. The van der Waals surface area contributed by atoms with E-state index >= 15 is 0 Å². The third-order valence-electron chi connectivity index (χ3n) is 2.36. The summed E-state index contributed by atoms with van der Waals surface area (Å²) in [7, 11) is 0. The predicted molar refractivity (Wildman–Crippen MR) is 64.1 cm³/mol. The first kappa shape index (κ1) is 11.7. The molecule has 0 fully saturated rings. The van der Waals surface area contributed by atoms with Crippen LogP contribution in [0, 0.1) is 0 Å². The van der Waals surface area contributed by atoms with E-state index in [2.05, 4.69) is 6.92 Å². The molecule has 0 aliphatic rings. The molecule has 0 heterocycles. The van der Waals surface area contributed by atoms with Crippen molar-refractivity contribution in [2.75, 3.05) is 0 Å². The maximum atomic E-state index is 11.7. The molecule has 1 nitrogen and oxygen atoms in total. The second-order valence-corrected chi connectivity index (χ2v) is 3.82. The van der Waals surface area contributed by atoms with Gasteiger partial charge in [-0.15, -0.1) is 0 Å². The van der Waals surface area contributed by atoms with E-state index in [4.69, 9.17) is 0 Å². The van der Waals surface area contributed by atoms with Crippen molar-refractivity contribution in [3.8, 4) is 0 Å². The Labute approximate surface area is 91.8 Å². The average molecular weight is 202 g/mol. The van der Waals surface area contributed by atoms with Crippen LogP contribution in [0.1, 0.15) is 43.5 Å². The minimum Gasteiger partial charge on any atom is -0.289 e. The molecule has 0 N–H and O–H groups in total. The molecule has 0 unspecified atom stereocenters. The van der Waals surface area contributed by atoms with Crippen molar-refractivity contribution < 1.29 is 4.79 Å². The molecule has 0 atom stereocenters. The molecule has 0 aliphatic heterocycles. The highest BCUT2D eigenvalue weighted by atomic mass is 16.1. The normalized spacial score (nSPS) is 11.5. The van der Waals surface area contributed by atoms with E-state index in [9.17, 15) is 4.79 Å². The molecule has 80 valence electrons. The Bertz CT molecular complexity index is 336. The van der Waals surface area contributed by atoms with E-state index < -0.39 is 0 Å². The number of unbranched alkanes of at least 4 members (excludes halogenated alkanes) is 1. The Balaban J connectivity index is 2.62. The second-order valence-electron chi connectivity index (χ2n) is 3.82. The monoisotopic (exact) mass is 202 g/mol. The smallest absolute Gasteiger partial charge is 0.185 e. The van der Waals surface area contributed by atoms with Crippen LogP contribution in [0.15, 0.2) is 42.0 Å². The minimum absolute atomic E-state index is 0.115. The lowest BCUT2D eigenvalue weighted by Gasteiger charge is -1.99. The van der Waals surface area contributed by atoms with Gasteiger partial charge in [0, 0.05) is 5.56 Å². The van der Waals surface area contributed by atoms with E-state index in [0.29, 0.717) is 0 Å². The van der Waals surface area contributed by atoms with Crippen molar-refractivity contribution in [3.05, 3.63) is 47.5 Å². The van der Waals surface area contributed by atoms with E-state index in [0.717, 1.165) is 18.4 Å². The third kappa shape index (κ3) is 4.11. The third-order valence-corrected chi connectivity index (χ3v) is 2.36. The van der Waals surface area contributed by atoms with Crippen molar-refractivity contribution in [1.82, 2.24) is 0 Å². The summed E-state index contributed by atoms with van der Waals surface area (Å²) in [5.74, 6) is 0.115. The highest BCUT2D eigenvalue weighted by Crippen LogP contribution is 2.09. The van der Waals surface area contributed by atoms with Crippen LogP contribution in [0.25, 0.3) is 0 Å². The molecule has 0 bridgehead atoms. The van der Waals surface area contributed by atoms with Gasteiger partial charge in [0.05, 0.1) is 0 Å². The standard InChI is InChI=1S/C14H18O/c1-3-4-8-12(2)11-14(15)13-9-6-5-7-10-13/h5-7,9-11H,3-4,8H2,1-2H3/b12-11+. The summed E-state index contributed by atoms with van der Waals surface area (Å²) in [5, 5.41) is 0. The van der Waals surface area contributed by atoms with Gasteiger partial charge in [0.2, 0.25) is 0 Å².